The lowest BCUT2D eigenvalue weighted by atomic mass is 9.99. The van der Waals surface area contributed by atoms with Gasteiger partial charge in [-0.05, 0) is 53.1 Å². The summed E-state index contributed by atoms with van der Waals surface area (Å²) in [6.07, 6.45) is -4.47. The molecule has 3 heterocycles. The summed E-state index contributed by atoms with van der Waals surface area (Å²) in [6.45, 7) is 2.02. The summed E-state index contributed by atoms with van der Waals surface area (Å²) in [5.41, 5.74) is 1.65. The number of amides is 2. The van der Waals surface area contributed by atoms with Crippen LogP contribution in [0.2, 0.25) is 0 Å². The van der Waals surface area contributed by atoms with Crippen molar-refractivity contribution in [2.75, 3.05) is 31.7 Å². The molecule has 0 saturated carbocycles. The van der Waals surface area contributed by atoms with E-state index in [1.54, 1.807) is 29.2 Å². The molecule has 1 saturated heterocycles. The molecule has 3 aromatic carbocycles. The number of anilines is 1. The Bertz CT molecular complexity index is 1410. The van der Waals surface area contributed by atoms with E-state index >= 15 is 0 Å². The fourth-order valence-corrected chi connectivity index (χ4v) is 5.00. The van der Waals surface area contributed by atoms with E-state index in [0.29, 0.717) is 54.5 Å². The second-order valence-corrected chi connectivity index (χ2v) is 9.27. The molecule has 3 aliphatic rings. The zero-order chi connectivity index (χ0) is 25.7. The smallest absolute Gasteiger partial charge is 0.416 e. The number of halogens is 3. The number of benzene rings is 3. The lowest BCUT2D eigenvalue weighted by Gasteiger charge is -2.39. The molecule has 2 amide bonds. The largest absolute Gasteiger partial charge is 0.454 e. The molecule has 0 bridgehead atoms. The highest BCUT2D eigenvalue weighted by molar-refractivity contribution is 6.10. The molecule has 7 nitrogen and oxygen atoms in total. The number of piperazine rings is 1. The Kier molecular flexibility index (Phi) is 5.56. The monoisotopic (exact) mass is 509 g/mol. The molecule has 3 aromatic rings. The van der Waals surface area contributed by atoms with Gasteiger partial charge in [-0.3, -0.25) is 14.5 Å². The summed E-state index contributed by atoms with van der Waals surface area (Å²) in [5, 5.41) is 2.84. The van der Waals surface area contributed by atoms with E-state index < -0.39 is 17.8 Å². The highest BCUT2D eigenvalue weighted by atomic mass is 19.4. The molecule has 1 unspecified atom stereocenters. The Morgan fingerprint density at radius 1 is 0.919 bits per heavy atom. The maximum Gasteiger partial charge on any atom is 0.416 e. The van der Waals surface area contributed by atoms with Crippen LogP contribution < -0.4 is 14.8 Å². The van der Waals surface area contributed by atoms with E-state index in [2.05, 4.69) is 10.2 Å². The van der Waals surface area contributed by atoms with Crippen molar-refractivity contribution >= 4 is 17.5 Å². The SMILES string of the molecule is O=C1Nc2ccc(-c3cccc(C(F)(F)F)c3)cc2C(=O)N2CCN(Cc3ccc4c(c3)OCO4)CC12. The number of hydrogen-bond acceptors (Lipinski definition) is 5. The van der Waals surface area contributed by atoms with E-state index in [4.69, 9.17) is 9.47 Å². The first kappa shape index (κ1) is 23.4. The van der Waals surface area contributed by atoms with E-state index in [9.17, 15) is 22.8 Å². The van der Waals surface area contributed by atoms with Gasteiger partial charge in [0.2, 0.25) is 12.7 Å². The van der Waals surface area contributed by atoms with Crippen molar-refractivity contribution in [1.82, 2.24) is 9.80 Å². The molecule has 0 aromatic heterocycles. The van der Waals surface area contributed by atoms with Gasteiger partial charge in [0.05, 0.1) is 16.8 Å². The minimum Gasteiger partial charge on any atom is -0.454 e. The summed E-state index contributed by atoms with van der Waals surface area (Å²) in [5.74, 6) is 0.763. The van der Waals surface area contributed by atoms with E-state index in [1.165, 1.54) is 6.07 Å². The number of nitrogens with one attached hydrogen (secondary N) is 1. The predicted molar refractivity (Wildman–Crippen MR) is 128 cm³/mol. The van der Waals surface area contributed by atoms with Gasteiger partial charge < -0.3 is 19.7 Å². The van der Waals surface area contributed by atoms with Crippen molar-refractivity contribution < 1.29 is 32.2 Å². The number of alkyl halides is 3. The van der Waals surface area contributed by atoms with Gasteiger partial charge in [-0.15, -0.1) is 0 Å². The molecule has 0 radical (unpaired) electrons. The average molecular weight is 509 g/mol. The fourth-order valence-electron chi connectivity index (χ4n) is 5.00. The first-order valence-corrected chi connectivity index (χ1v) is 11.8. The minimum absolute atomic E-state index is 0.192. The molecule has 0 spiro atoms. The van der Waals surface area contributed by atoms with Crippen molar-refractivity contribution in [3.63, 3.8) is 0 Å². The molecular formula is C27H22F3N3O4. The van der Waals surface area contributed by atoms with Crippen molar-refractivity contribution in [3.8, 4) is 22.6 Å². The quantitative estimate of drug-likeness (QED) is 0.568. The van der Waals surface area contributed by atoms with Crippen LogP contribution in [-0.4, -0.2) is 54.1 Å². The second kappa shape index (κ2) is 8.81. The van der Waals surface area contributed by atoms with Gasteiger partial charge in [0.25, 0.3) is 5.91 Å². The molecule has 1 atom stereocenters. The normalized spacial score (nSPS) is 19.2. The number of nitrogens with zero attached hydrogens (tertiary/aromatic N) is 2. The van der Waals surface area contributed by atoms with Gasteiger partial charge in [-0.25, -0.2) is 0 Å². The Balaban J connectivity index is 1.24. The Morgan fingerprint density at radius 2 is 1.73 bits per heavy atom. The van der Waals surface area contributed by atoms with Crippen LogP contribution in [0.5, 0.6) is 11.5 Å². The van der Waals surface area contributed by atoms with Gasteiger partial charge in [0.15, 0.2) is 11.5 Å². The van der Waals surface area contributed by atoms with Crippen LogP contribution in [0.4, 0.5) is 18.9 Å². The van der Waals surface area contributed by atoms with Crippen LogP contribution in [-0.2, 0) is 17.5 Å². The van der Waals surface area contributed by atoms with Gasteiger partial charge in [-0.2, -0.15) is 13.2 Å². The van der Waals surface area contributed by atoms with Crippen molar-refractivity contribution in [1.29, 1.82) is 0 Å². The molecule has 3 aliphatic heterocycles. The van der Waals surface area contributed by atoms with Gasteiger partial charge in [-0.1, -0.05) is 24.3 Å². The molecule has 37 heavy (non-hydrogen) atoms. The predicted octanol–water partition coefficient (Wildman–Crippen LogP) is 4.38. The van der Waals surface area contributed by atoms with E-state index in [-0.39, 0.29) is 24.2 Å². The minimum atomic E-state index is -4.47. The number of hydrogen-bond donors (Lipinski definition) is 1. The Morgan fingerprint density at radius 3 is 2.57 bits per heavy atom. The number of carbonyl (C=O) groups excluding carboxylic acids is 2. The zero-order valence-corrected chi connectivity index (χ0v) is 19.5. The van der Waals surface area contributed by atoms with Gasteiger partial charge in [0.1, 0.15) is 6.04 Å². The summed E-state index contributed by atoms with van der Waals surface area (Å²) < 4.78 is 50.4. The maximum absolute atomic E-state index is 13.5. The highest BCUT2D eigenvalue weighted by Crippen LogP contribution is 2.35. The number of rotatable bonds is 3. The lowest BCUT2D eigenvalue weighted by Crippen LogP contribution is -2.58. The number of carbonyl (C=O) groups is 2. The topological polar surface area (TPSA) is 71.1 Å². The third kappa shape index (κ3) is 4.37. The van der Waals surface area contributed by atoms with Crippen molar-refractivity contribution in [3.05, 3.63) is 77.4 Å². The highest BCUT2D eigenvalue weighted by Gasteiger charge is 2.39. The van der Waals surface area contributed by atoms with Crippen LogP contribution in [0.15, 0.2) is 60.7 Å². The third-order valence-electron chi connectivity index (χ3n) is 6.90. The Labute approximate surface area is 210 Å². The molecule has 190 valence electrons. The molecule has 1 N–H and O–H groups in total. The van der Waals surface area contributed by atoms with Crippen LogP contribution in [0.1, 0.15) is 21.5 Å². The Hall–Kier alpha value is -4.05. The lowest BCUT2D eigenvalue weighted by molar-refractivity contribution is -0.137. The summed E-state index contributed by atoms with van der Waals surface area (Å²) >= 11 is 0. The fraction of sp³-hybridized carbons (Fsp3) is 0.259. The van der Waals surface area contributed by atoms with Gasteiger partial charge >= 0.3 is 6.18 Å². The maximum atomic E-state index is 13.5. The molecule has 6 rings (SSSR count). The number of fused-ring (bicyclic) bond motifs is 3. The van der Waals surface area contributed by atoms with Crippen LogP contribution in [0.3, 0.4) is 0 Å². The van der Waals surface area contributed by atoms with E-state index in [1.807, 2.05) is 18.2 Å². The average Bonchev–Trinajstić information content (AvgIpc) is 3.32. The summed E-state index contributed by atoms with van der Waals surface area (Å²) in [4.78, 5) is 30.3. The molecule has 0 aliphatic carbocycles. The van der Waals surface area contributed by atoms with Gasteiger partial charge in [0, 0.05) is 26.2 Å². The first-order chi connectivity index (χ1) is 17.8. The summed E-state index contributed by atoms with van der Waals surface area (Å²) in [6, 6.07) is 14.7. The third-order valence-corrected chi connectivity index (χ3v) is 6.90. The van der Waals surface area contributed by atoms with Crippen LogP contribution >= 0.6 is 0 Å². The second-order valence-electron chi connectivity index (χ2n) is 9.27. The molecule has 10 heteroatoms. The summed E-state index contributed by atoms with van der Waals surface area (Å²) in [7, 11) is 0. The standard InChI is InChI=1S/C27H22F3N3O4/c28-27(29,30)19-3-1-2-17(11-19)18-5-6-21-20(12-18)26(35)33-9-8-32(14-22(33)25(34)31-21)13-16-4-7-23-24(10-16)37-15-36-23/h1-7,10-12,22H,8-9,13-15H2,(H,31,34). The molecule has 1 fully saturated rings. The van der Waals surface area contributed by atoms with Crippen LogP contribution in [0, 0.1) is 0 Å². The first-order valence-electron chi connectivity index (χ1n) is 11.8. The van der Waals surface area contributed by atoms with E-state index in [0.717, 1.165) is 17.7 Å². The van der Waals surface area contributed by atoms with Crippen molar-refractivity contribution in [2.45, 2.75) is 18.8 Å². The molecular weight excluding hydrogens is 487 g/mol. The van der Waals surface area contributed by atoms with Crippen LogP contribution in [0.25, 0.3) is 11.1 Å². The number of ether oxygens (including phenoxy) is 2. The zero-order valence-electron chi connectivity index (χ0n) is 19.5. The van der Waals surface area contributed by atoms with Crippen molar-refractivity contribution in [2.24, 2.45) is 0 Å².